The maximum absolute atomic E-state index is 11.4. The molecule has 0 spiro atoms. The molecule has 2 heterocycles. The Balaban J connectivity index is 1.28. The van der Waals surface area contributed by atoms with Gasteiger partial charge < -0.3 is 14.6 Å². The molecule has 1 aliphatic heterocycles. The minimum absolute atomic E-state index is 0.0816. The van der Waals surface area contributed by atoms with Crippen LogP contribution >= 0.6 is 0 Å². The van der Waals surface area contributed by atoms with Gasteiger partial charge in [0.05, 0.1) is 6.61 Å². The third-order valence-corrected chi connectivity index (χ3v) is 6.03. The average molecular weight is 406 g/mol. The first kappa shape index (κ1) is 20.5. The van der Waals surface area contributed by atoms with Gasteiger partial charge in [-0.15, -0.1) is 0 Å². The molecule has 0 bridgehead atoms. The fraction of sp³-hybridized carbons (Fsp3) is 0.400. The summed E-state index contributed by atoms with van der Waals surface area (Å²) < 4.78 is 5.98. The van der Waals surface area contributed by atoms with E-state index in [1.165, 1.54) is 11.3 Å². The smallest absolute Gasteiger partial charge is 0.248 e. The molecule has 0 saturated carbocycles. The van der Waals surface area contributed by atoms with Crippen LogP contribution in [0.3, 0.4) is 0 Å². The van der Waals surface area contributed by atoms with Crippen molar-refractivity contribution in [2.24, 2.45) is 0 Å². The zero-order valence-corrected chi connectivity index (χ0v) is 18.1. The van der Waals surface area contributed by atoms with Crippen molar-refractivity contribution in [2.45, 2.75) is 39.3 Å². The van der Waals surface area contributed by atoms with E-state index in [1.54, 1.807) is 6.07 Å². The summed E-state index contributed by atoms with van der Waals surface area (Å²) in [6.45, 7) is 10.6. The van der Waals surface area contributed by atoms with Gasteiger partial charge in [0.1, 0.15) is 5.75 Å². The lowest BCUT2D eigenvalue weighted by atomic mass is 10.1. The number of rotatable bonds is 6. The highest BCUT2D eigenvalue weighted by molar-refractivity contribution is 5.79. The summed E-state index contributed by atoms with van der Waals surface area (Å²) in [6.07, 6.45) is 0.989. The van der Waals surface area contributed by atoms with Gasteiger partial charge in [-0.2, -0.15) is 0 Å². The first-order chi connectivity index (χ1) is 14.5. The van der Waals surface area contributed by atoms with Gasteiger partial charge in [0.2, 0.25) is 5.56 Å². The van der Waals surface area contributed by atoms with E-state index >= 15 is 0 Å². The van der Waals surface area contributed by atoms with Gasteiger partial charge in [0.15, 0.2) is 0 Å². The molecule has 2 aromatic carbocycles. The number of benzene rings is 2. The molecule has 5 heteroatoms. The molecule has 0 amide bonds. The molecule has 1 saturated heterocycles. The number of nitrogens with one attached hydrogen (secondary N) is 1. The molecule has 1 aliphatic rings. The number of H-pyrrole nitrogens is 1. The van der Waals surface area contributed by atoms with Crippen LogP contribution in [0.15, 0.2) is 59.4 Å². The molecule has 0 radical (unpaired) electrons. The molecule has 1 N–H and O–H groups in total. The van der Waals surface area contributed by atoms with E-state index in [-0.39, 0.29) is 5.56 Å². The highest BCUT2D eigenvalue weighted by Crippen LogP contribution is 2.23. The molecule has 4 rings (SSSR count). The molecule has 3 aromatic rings. The van der Waals surface area contributed by atoms with Crippen LogP contribution in [0.5, 0.6) is 5.75 Å². The number of hydrogen-bond donors (Lipinski definition) is 1. The first-order valence-corrected chi connectivity index (χ1v) is 10.8. The lowest BCUT2D eigenvalue weighted by molar-refractivity contribution is 0.122. The third-order valence-electron chi connectivity index (χ3n) is 6.03. The molecular weight excluding hydrogens is 374 g/mol. The van der Waals surface area contributed by atoms with Crippen molar-refractivity contribution in [2.75, 3.05) is 31.1 Å². The highest BCUT2D eigenvalue weighted by atomic mass is 16.5. The molecule has 30 heavy (non-hydrogen) atoms. The number of ether oxygens (including phenoxy) is 1. The summed E-state index contributed by atoms with van der Waals surface area (Å²) in [5.41, 5.74) is 3.38. The van der Waals surface area contributed by atoms with Crippen molar-refractivity contribution in [3.05, 3.63) is 70.5 Å². The van der Waals surface area contributed by atoms with Gasteiger partial charge in [0, 0.05) is 54.4 Å². The highest BCUT2D eigenvalue weighted by Gasteiger charge is 2.29. The number of fused-ring (bicyclic) bond motifs is 1. The van der Waals surface area contributed by atoms with Crippen LogP contribution < -0.4 is 15.2 Å². The second-order valence-electron chi connectivity index (χ2n) is 8.45. The molecule has 5 nitrogen and oxygen atoms in total. The summed E-state index contributed by atoms with van der Waals surface area (Å²) in [5.74, 6) is 0.847. The molecule has 1 aromatic heterocycles. The van der Waals surface area contributed by atoms with Crippen LogP contribution in [0, 0.1) is 6.92 Å². The van der Waals surface area contributed by atoms with Crippen LogP contribution in [0.1, 0.15) is 25.8 Å². The minimum atomic E-state index is -0.0816. The van der Waals surface area contributed by atoms with Crippen molar-refractivity contribution in [3.8, 4) is 5.75 Å². The Hall–Kier alpha value is -2.79. The normalized spacial score (nSPS) is 19.9. The summed E-state index contributed by atoms with van der Waals surface area (Å²) in [6, 6.07) is 19.1. The summed E-state index contributed by atoms with van der Waals surface area (Å²) in [7, 11) is 0. The maximum Gasteiger partial charge on any atom is 0.248 e. The van der Waals surface area contributed by atoms with E-state index in [9.17, 15) is 4.79 Å². The largest absolute Gasteiger partial charge is 0.494 e. The van der Waals surface area contributed by atoms with Crippen LogP contribution in [-0.4, -0.2) is 48.2 Å². The number of piperazine rings is 1. The van der Waals surface area contributed by atoms with E-state index in [0.717, 1.165) is 42.7 Å². The van der Waals surface area contributed by atoms with Gasteiger partial charge in [-0.3, -0.25) is 9.69 Å². The van der Waals surface area contributed by atoms with E-state index in [4.69, 9.17) is 4.74 Å². The quantitative estimate of drug-likeness (QED) is 0.625. The number of nitrogens with zero attached hydrogens (tertiary/aromatic N) is 2. The van der Waals surface area contributed by atoms with Gasteiger partial charge in [0.25, 0.3) is 0 Å². The zero-order chi connectivity index (χ0) is 21.1. The Morgan fingerprint density at radius 3 is 2.47 bits per heavy atom. The molecule has 158 valence electrons. The Labute approximate surface area is 178 Å². The van der Waals surface area contributed by atoms with Gasteiger partial charge in [-0.25, -0.2) is 0 Å². The Bertz CT molecular complexity index is 1030. The predicted octanol–water partition coefficient (Wildman–Crippen LogP) is 4.20. The van der Waals surface area contributed by atoms with E-state index in [0.29, 0.717) is 18.7 Å². The lowest BCUT2D eigenvalue weighted by Crippen LogP contribution is -2.57. The minimum Gasteiger partial charge on any atom is -0.494 e. The lowest BCUT2D eigenvalue weighted by Gasteiger charge is -2.45. The number of aryl methyl sites for hydroxylation is 1. The number of anilines is 1. The van der Waals surface area contributed by atoms with E-state index in [1.807, 2.05) is 24.3 Å². The fourth-order valence-electron chi connectivity index (χ4n) is 4.42. The SMILES string of the molecule is Cc1ccc(N2CC(C)N(CCCOc3ccc4[nH]c(=O)ccc4c3)[C@H](C)C2)cc1. The third kappa shape index (κ3) is 4.68. The van der Waals surface area contributed by atoms with Gasteiger partial charge >= 0.3 is 0 Å². The Morgan fingerprint density at radius 1 is 1.00 bits per heavy atom. The van der Waals surface area contributed by atoms with Gasteiger partial charge in [-0.05, 0) is 63.6 Å². The zero-order valence-electron chi connectivity index (χ0n) is 18.1. The molecule has 0 aliphatic carbocycles. The fourth-order valence-corrected chi connectivity index (χ4v) is 4.42. The van der Waals surface area contributed by atoms with Crippen molar-refractivity contribution >= 4 is 16.6 Å². The van der Waals surface area contributed by atoms with Crippen LogP contribution in [0.2, 0.25) is 0 Å². The number of hydrogen-bond acceptors (Lipinski definition) is 4. The van der Waals surface area contributed by atoms with Crippen LogP contribution in [0.4, 0.5) is 5.69 Å². The molecule has 1 fully saturated rings. The number of aromatic amines is 1. The maximum atomic E-state index is 11.4. The number of pyridine rings is 1. The average Bonchev–Trinajstić information content (AvgIpc) is 2.73. The Morgan fingerprint density at radius 2 is 1.73 bits per heavy atom. The topological polar surface area (TPSA) is 48.6 Å². The number of aromatic nitrogens is 1. The summed E-state index contributed by atoms with van der Waals surface area (Å²) in [4.78, 5) is 19.3. The second-order valence-corrected chi connectivity index (χ2v) is 8.45. The van der Waals surface area contributed by atoms with Gasteiger partial charge in [-0.1, -0.05) is 17.7 Å². The van der Waals surface area contributed by atoms with Crippen molar-refractivity contribution in [1.29, 1.82) is 0 Å². The van der Waals surface area contributed by atoms with E-state index in [2.05, 4.69) is 59.8 Å². The molecule has 2 atom stereocenters. The monoisotopic (exact) mass is 405 g/mol. The van der Waals surface area contributed by atoms with Crippen molar-refractivity contribution < 1.29 is 4.74 Å². The summed E-state index contributed by atoms with van der Waals surface area (Å²) >= 11 is 0. The summed E-state index contributed by atoms with van der Waals surface area (Å²) in [5, 5.41) is 0.988. The molecular formula is C25H31N3O2. The predicted molar refractivity (Wildman–Crippen MR) is 124 cm³/mol. The second kappa shape index (κ2) is 8.92. The standard InChI is InChI=1S/C25H31N3O2/c1-18-5-8-22(9-6-18)27-16-19(2)28(20(3)17-27)13-4-14-30-23-10-11-24-21(15-23)7-12-25(29)26-24/h5-12,15,19-20H,4,13-14,16-17H2,1-3H3,(H,26,29)/t19-,20?/m1/s1. The molecule has 1 unspecified atom stereocenters. The van der Waals surface area contributed by atoms with E-state index < -0.39 is 0 Å². The van der Waals surface area contributed by atoms with Crippen molar-refractivity contribution in [3.63, 3.8) is 0 Å². The Kier molecular flexibility index (Phi) is 6.09. The van der Waals surface area contributed by atoms with Crippen molar-refractivity contribution in [1.82, 2.24) is 9.88 Å². The first-order valence-electron chi connectivity index (χ1n) is 10.8. The van der Waals surface area contributed by atoms with Crippen LogP contribution in [0.25, 0.3) is 10.9 Å². The van der Waals surface area contributed by atoms with Crippen LogP contribution in [-0.2, 0) is 0 Å².